The van der Waals surface area contributed by atoms with Crippen LogP contribution in [0.15, 0.2) is 12.2 Å². The zero-order chi connectivity index (χ0) is 12.2. The maximum absolute atomic E-state index is 9.78. The monoisotopic (exact) mass is 235 g/mol. The molecule has 0 aromatic rings. The molecule has 0 aromatic heterocycles. The number of hydrogen-bond donors (Lipinski definition) is 2. The molecule has 2 saturated carbocycles. The van der Waals surface area contributed by atoms with Crippen LogP contribution in [0.3, 0.4) is 0 Å². The Balaban J connectivity index is 1.58. The molecule has 0 aliphatic heterocycles. The van der Waals surface area contributed by atoms with Crippen molar-refractivity contribution in [2.75, 3.05) is 0 Å². The van der Waals surface area contributed by atoms with E-state index >= 15 is 0 Å². The van der Waals surface area contributed by atoms with Gasteiger partial charge in [0.05, 0.1) is 6.10 Å². The number of aliphatic hydroxyl groups excluding tert-OH is 1. The van der Waals surface area contributed by atoms with Crippen molar-refractivity contribution >= 4 is 0 Å². The summed E-state index contributed by atoms with van der Waals surface area (Å²) >= 11 is 0. The third-order valence-electron chi connectivity index (χ3n) is 5.65. The van der Waals surface area contributed by atoms with E-state index in [4.69, 9.17) is 0 Å². The lowest BCUT2D eigenvalue weighted by atomic mass is 9.64. The zero-order valence-corrected chi connectivity index (χ0v) is 11.2. The van der Waals surface area contributed by atoms with Crippen molar-refractivity contribution in [3.63, 3.8) is 0 Å². The normalized spacial score (nSPS) is 48.1. The molecule has 0 saturated heterocycles. The van der Waals surface area contributed by atoms with Gasteiger partial charge in [-0.2, -0.15) is 0 Å². The summed E-state index contributed by atoms with van der Waals surface area (Å²) in [5.41, 5.74) is 0.0573. The number of hydrogen-bond acceptors (Lipinski definition) is 2. The lowest BCUT2D eigenvalue weighted by molar-refractivity contribution is -0.0775. The maximum Gasteiger partial charge on any atom is 0.0621 e. The second-order valence-corrected chi connectivity index (χ2v) is 7.02. The molecule has 3 rings (SSSR count). The molecule has 2 bridgehead atoms. The molecule has 6 unspecified atom stereocenters. The Labute approximate surface area is 104 Å². The van der Waals surface area contributed by atoms with Gasteiger partial charge in [0.2, 0.25) is 0 Å². The first-order chi connectivity index (χ1) is 7.98. The predicted molar refractivity (Wildman–Crippen MR) is 69.6 cm³/mol. The van der Waals surface area contributed by atoms with Crippen molar-refractivity contribution in [3.05, 3.63) is 12.2 Å². The lowest BCUT2D eigenvalue weighted by Gasteiger charge is -2.51. The summed E-state index contributed by atoms with van der Waals surface area (Å²) in [4.78, 5) is 0. The van der Waals surface area contributed by atoms with Crippen molar-refractivity contribution in [3.8, 4) is 0 Å². The largest absolute Gasteiger partial charge is 0.392 e. The Morgan fingerprint density at radius 3 is 2.47 bits per heavy atom. The standard InChI is InChI=1S/C15H25NO/c1-9(12-7-10-4-5-11(12)6-10)16-13-8-14(17)15(13,2)3/h4-5,9-14,16-17H,6-8H2,1-3H3. The second-order valence-electron chi connectivity index (χ2n) is 7.02. The van der Waals surface area contributed by atoms with Gasteiger partial charge in [-0.15, -0.1) is 0 Å². The van der Waals surface area contributed by atoms with E-state index in [0.717, 1.165) is 24.2 Å². The molecular formula is C15H25NO. The van der Waals surface area contributed by atoms with Crippen LogP contribution in [0.4, 0.5) is 0 Å². The second kappa shape index (κ2) is 3.83. The highest BCUT2D eigenvalue weighted by Crippen LogP contribution is 2.46. The van der Waals surface area contributed by atoms with Gasteiger partial charge in [0, 0.05) is 17.5 Å². The Morgan fingerprint density at radius 1 is 1.24 bits per heavy atom. The highest BCUT2D eigenvalue weighted by atomic mass is 16.3. The molecule has 17 heavy (non-hydrogen) atoms. The van der Waals surface area contributed by atoms with E-state index in [1.807, 2.05) is 0 Å². The molecule has 0 aromatic carbocycles. The van der Waals surface area contributed by atoms with Crippen molar-refractivity contribution < 1.29 is 5.11 Å². The van der Waals surface area contributed by atoms with Gasteiger partial charge in [0.25, 0.3) is 0 Å². The summed E-state index contributed by atoms with van der Waals surface area (Å²) in [7, 11) is 0. The smallest absolute Gasteiger partial charge is 0.0621 e. The third-order valence-corrected chi connectivity index (χ3v) is 5.65. The molecule has 3 aliphatic rings. The van der Waals surface area contributed by atoms with E-state index in [1.165, 1.54) is 12.8 Å². The first-order valence-electron chi connectivity index (χ1n) is 7.11. The van der Waals surface area contributed by atoms with E-state index in [1.54, 1.807) is 0 Å². The quantitative estimate of drug-likeness (QED) is 0.736. The summed E-state index contributed by atoms with van der Waals surface area (Å²) in [5, 5.41) is 13.5. The van der Waals surface area contributed by atoms with Gasteiger partial charge in [-0.25, -0.2) is 0 Å². The van der Waals surface area contributed by atoms with Gasteiger partial charge in [-0.05, 0) is 43.9 Å². The average molecular weight is 235 g/mol. The van der Waals surface area contributed by atoms with Gasteiger partial charge in [0.15, 0.2) is 0 Å². The predicted octanol–water partition coefficient (Wildman–Crippen LogP) is 2.34. The van der Waals surface area contributed by atoms with E-state index < -0.39 is 0 Å². The first kappa shape index (κ1) is 11.7. The highest BCUT2D eigenvalue weighted by Gasteiger charge is 2.48. The van der Waals surface area contributed by atoms with Crippen molar-refractivity contribution in [2.45, 2.75) is 58.2 Å². The molecule has 2 N–H and O–H groups in total. The maximum atomic E-state index is 9.78. The summed E-state index contributed by atoms with van der Waals surface area (Å²) in [5.74, 6) is 2.49. The van der Waals surface area contributed by atoms with Gasteiger partial charge >= 0.3 is 0 Å². The molecule has 2 heteroatoms. The summed E-state index contributed by atoms with van der Waals surface area (Å²) in [6.07, 6.45) is 8.39. The fourth-order valence-corrected chi connectivity index (χ4v) is 4.02. The van der Waals surface area contributed by atoms with Crippen LogP contribution in [0.5, 0.6) is 0 Å². The fourth-order valence-electron chi connectivity index (χ4n) is 4.02. The van der Waals surface area contributed by atoms with Gasteiger partial charge in [-0.1, -0.05) is 26.0 Å². The number of fused-ring (bicyclic) bond motifs is 2. The van der Waals surface area contributed by atoms with Crippen molar-refractivity contribution in [1.82, 2.24) is 5.32 Å². The van der Waals surface area contributed by atoms with E-state index in [9.17, 15) is 5.11 Å². The van der Waals surface area contributed by atoms with E-state index in [0.29, 0.717) is 12.1 Å². The molecule has 0 heterocycles. The van der Waals surface area contributed by atoms with Crippen LogP contribution < -0.4 is 5.32 Å². The minimum atomic E-state index is -0.118. The van der Waals surface area contributed by atoms with E-state index in [-0.39, 0.29) is 11.5 Å². The van der Waals surface area contributed by atoms with Crippen LogP contribution >= 0.6 is 0 Å². The van der Waals surface area contributed by atoms with Crippen molar-refractivity contribution in [1.29, 1.82) is 0 Å². The third kappa shape index (κ3) is 1.77. The minimum Gasteiger partial charge on any atom is -0.392 e. The van der Waals surface area contributed by atoms with Crippen LogP contribution in [0.1, 0.15) is 40.0 Å². The molecule has 6 atom stereocenters. The molecule has 2 fully saturated rings. The molecule has 0 spiro atoms. The Bertz CT molecular complexity index is 336. The van der Waals surface area contributed by atoms with Gasteiger partial charge < -0.3 is 10.4 Å². The highest BCUT2D eigenvalue weighted by molar-refractivity contribution is 5.12. The molecule has 96 valence electrons. The summed E-state index contributed by atoms with van der Waals surface area (Å²) in [6, 6.07) is 1.09. The zero-order valence-electron chi connectivity index (χ0n) is 11.2. The molecule has 2 nitrogen and oxygen atoms in total. The Morgan fingerprint density at radius 2 is 2.00 bits per heavy atom. The molecular weight excluding hydrogens is 210 g/mol. The number of allylic oxidation sites excluding steroid dienone is 2. The average Bonchev–Trinajstić information content (AvgIpc) is 2.90. The van der Waals surface area contributed by atoms with Crippen LogP contribution in [-0.4, -0.2) is 23.3 Å². The van der Waals surface area contributed by atoms with Gasteiger partial charge in [0.1, 0.15) is 0 Å². The summed E-state index contributed by atoms with van der Waals surface area (Å²) in [6.45, 7) is 6.68. The van der Waals surface area contributed by atoms with Crippen LogP contribution in [0, 0.1) is 23.2 Å². The number of nitrogens with one attached hydrogen (secondary N) is 1. The number of aliphatic hydroxyl groups is 1. The molecule has 0 amide bonds. The van der Waals surface area contributed by atoms with E-state index in [2.05, 4.69) is 38.2 Å². The lowest BCUT2D eigenvalue weighted by Crippen LogP contribution is -2.62. The SMILES string of the molecule is CC(NC1CC(O)C1(C)C)C1CC2C=CC1C2. The van der Waals surface area contributed by atoms with Gasteiger partial charge in [-0.3, -0.25) is 0 Å². The Kier molecular flexibility index (Phi) is 2.64. The van der Waals surface area contributed by atoms with Crippen LogP contribution in [0.2, 0.25) is 0 Å². The van der Waals surface area contributed by atoms with Crippen LogP contribution in [0.25, 0.3) is 0 Å². The Hall–Kier alpha value is -0.340. The fraction of sp³-hybridized carbons (Fsp3) is 0.867. The van der Waals surface area contributed by atoms with Crippen molar-refractivity contribution in [2.24, 2.45) is 23.2 Å². The molecule has 0 radical (unpaired) electrons. The first-order valence-corrected chi connectivity index (χ1v) is 7.11. The topological polar surface area (TPSA) is 32.3 Å². The minimum absolute atomic E-state index is 0.0573. The summed E-state index contributed by atoms with van der Waals surface area (Å²) < 4.78 is 0. The molecule has 3 aliphatic carbocycles. The van der Waals surface area contributed by atoms with Crippen LogP contribution in [-0.2, 0) is 0 Å². The number of rotatable bonds is 3.